The van der Waals surface area contributed by atoms with Crippen molar-refractivity contribution in [1.29, 1.82) is 0 Å². The van der Waals surface area contributed by atoms with Crippen LogP contribution in [-0.2, 0) is 9.59 Å². The lowest BCUT2D eigenvalue weighted by molar-refractivity contribution is -0.139. The number of hydrogen-bond donors (Lipinski definition) is 1. The highest BCUT2D eigenvalue weighted by Gasteiger charge is 2.49. The van der Waals surface area contributed by atoms with E-state index in [9.17, 15) is 14.4 Å². The highest BCUT2D eigenvalue weighted by atomic mass is 32.1. The molecule has 0 bridgehead atoms. The molecule has 0 spiro atoms. The first-order valence-corrected chi connectivity index (χ1v) is 11.1. The van der Waals surface area contributed by atoms with Gasteiger partial charge in [-0.15, -0.1) is 11.3 Å². The fraction of sp³-hybridized carbons (Fsp3) is 0.524. The summed E-state index contributed by atoms with van der Waals surface area (Å²) in [5.41, 5.74) is 0.164. The molecule has 2 aliphatic heterocycles. The zero-order chi connectivity index (χ0) is 20.6. The van der Waals surface area contributed by atoms with E-state index in [1.165, 1.54) is 4.70 Å². The normalized spacial score (nSPS) is 19.8. The van der Waals surface area contributed by atoms with Gasteiger partial charge in [-0.05, 0) is 37.8 Å². The average molecular weight is 415 g/mol. The zero-order valence-electron chi connectivity index (χ0n) is 16.8. The van der Waals surface area contributed by atoms with Gasteiger partial charge in [0, 0.05) is 19.0 Å². The Hall–Kier alpha value is -2.48. The fourth-order valence-corrected chi connectivity index (χ4v) is 5.36. The Balaban J connectivity index is 1.37. The van der Waals surface area contributed by atoms with E-state index >= 15 is 0 Å². The third-order valence-electron chi connectivity index (χ3n) is 6.25. The Morgan fingerprint density at radius 1 is 1.21 bits per heavy atom. The summed E-state index contributed by atoms with van der Waals surface area (Å²) in [6, 6.07) is 7.66. The van der Waals surface area contributed by atoms with E-state index in [1.807, 2.05) is 32.0 Å². The molecule has 0 aliphatic carbocycles. The van der Waals surface area contributed by atoms with Crippen LogP contribution >= 0.6 is 11.3 Å². The van der Waals surface area contributed by atoms with Gasteiger partial charge < -0.3 is 10.2 Å². The molecule has 0 radical (unpaired) electrons. The third-order valence-corrected chi connectivity index (χ3v) is 7.45. The molecule has 3 heterocycles. The van der Waals surface area contributed by atoms with Crippen molar-refractivity contribution in [3.05, 3.63) is 29.3 Å². The summed E-state index contributed by atoms with van der Waals surface area (Å²) < 4.78 is 1.19. The predicted molar refractivity (Wildman–Crippen MR) is 112 cm³/mol. The number of imide groups is 1. The van der Waals surface area contributed by atoms with Crippen molar-refractivity contribution in [2.75, 3.05) is 19.6 Å². The van der Waals surface area contributed by atoms with Crippen LogP contribution in [0.1, 0.15) is 50.5 Å². The summed E-state index contributed by atoms with van der Waals surface area (Å²) in [5, 5.41) is 3.90. The molecule has 0 saturated carbocycles. The van der Waals surface area contributed by atoms with Gasteiger partial charge in [0.1, 0.15) is 12.1 Å². The van der Waals surface area contributed by atoms with Gasteiger partial charge in [0.05, 0.1) is 15.2 Å². The Labute approximate surface area is 174 Å². The molecular weight excluding hydrogens is 388 g/mol. The van der Waals surface area contributed by atoms with Crippen LogP contribution in [0.15, 0.2) is 24.3 Å². The van der Waals surface area contributed by atoms with Crippen LogP contribution in [0.4, 0.5) is 4.79 Å². The molecule has 8 heteroatoms. The number of amides is 4. The van der Waals surface area contributed by atoms with Crippen molar-refractivity contribution in [1.82, 2.24) is 20.1 Å². The number of rotatable bonds is 5. The van der Waals surface area contributed by atoms with E-state index in [4.69, 9.17) is 4.98 Å². The molecule has 154 valence electrons. The molecule has 0 atom stereocenters. The number of likely N-dealkylation sites (tertiary alicyclic amines) is 1. The van der Waals surface area contributed by atoms with Gasteiger partial charge in [-0.2, -0.15) is 0 Å². The summed E-state index contributed by atoms with van der Waals surface area (Å²) in [4.78, 5) is 45.3. The van der Waals surface area contributed by atoms with E-state index in [0.717, 1.165) is 28.3 Å². The molecule has 4 rings (SSSR count). The molecule has 0 unspecified atom stereocenters. The average Bonchev–Trinajstić information content (AvgIpc) is 3.28. The summed E-state index contributed by atoms with van der Waals surface area (Å²) in [7, 11) is 0. The van der Waals surface area contributed by atoms with Gasteiger partial charge in [-0.1, -0.05) is 26.0 Å². The second-order valence-electron chi connectivity index (χ2n) is 7.79. The molecule has 4 amide bonds. The van der Waals surface area contributed by atoms with Gasteiger partial charge in [0.2, 0.25) is 5.91 Å². The lowest BCUT2D eigenvalue weighted by atomic mass is 9.93. The van der Waals surface area contributed by atoms with Gasteiger partial charge in [0.25, 0.3) is 5.91 Å². The van der Waals surface area contributed by atoms with E-state index in [2.05, 4.69) is 11.4 Å². The summed E-state index contributed by atoms with van der Waals surface area (Å²) in [5.74, 6) is -0.106. The topological polar surface area (TPSA) is 82.6 Å². The SMILES string of the molecule is CCC1(CC)NC(=O)N(CC(=O)N2CCC(c3nc4ccccc4s3)CC2)C1=O. The van der Waals surface area contributed by atoms with Crippen LogP contribution in [0.2, 0.25) is 0 Å². The van der Waals surface area contributed by atoms with Crippen LogP contribution in [-0.4, -0.2) is 57.8 Å². The molecule has 2 aliphatic rings. The van der Waals surface area contributed by atoms with Crippen LogP contribution < -0.4 is 5.32 Å². The van der Waals surface area contributed by atoms with Gasteiger partial charge in [0.15, 0.2) is 0 Å². The van der Waals surface area contributed by atoms with Crippen molar-refractivity contribution in [3.63, 3.8) is 0 Å². The fourth-order valence-electron chi connectivity index (χ4n) is 4.22. The highest BCUT2D eigenvalue weighted by molar-refractivity contribution is 7.18. The number of carbonyl (C=O) groups is 3. The summed E-state index contributed by atoms with van der Waals surface area (Å²) >= 11 is 1.72. The van der Waals surface area contributed by atoms with Crippen molar-refractivity contribution in [2.24, 2.45) is 0 Å². The number of carbonyl (C=O) groups excluding carboxylic acids is 3. The standard InChI is InChI=1S/C21H26N4O3S/c1-3-21(4-2)19(27)25(20(28)23-21)13-17(26)24-11-9-14(10-12-24)18-22-15-7-5-6-8-16(15)29-18/h5-8,14H,3-4,9-13H2,1-2H3,(H,23,28). The number of urea groups is 1. The number of fused-ring (bicyclic) bond motifs is 1. The van der Waals surface area contributed by atoms with Crippen LogP contribution in [0.5, 0.6) is 0 Å². The van der Waals surface area contributed by atoms with Gasteiger partial charge in [-0.3, -0.25) is 14.5 Å². The number of aromatic nitrogens is 1. The van der Waals surface area contributed by atoms with Crippen molar-refractivity contribution in [2.45, 2.75) is 51.0 Å². The Morgan fingerprint density at radius 2 is 1.90 bits per heavy atom. The van der Waals surface area contributed by atoms with Crippen molar-refractivity contribution >= 4 is 39.4 Å². The second-order valence-corrected chi connectivity index (χ2v) is 8.85. The Bertz CT molecular complexity index is 911. The first kappa shape index (κ1) is 19.8. The maximum Gasteiger partial charge on any atom is 0.325 e. The zero-order valence-corrected chi connectivity index (χ0v) is 17.6. The monoisotopic (exact) mass is 414 g/mol. The number of benzene rings is 1. The van der Waals surface area contributed by atoms with E-state index in [0.29, 0.717) is 31.8 Å². The summed E-state index contributed by atoms with van der Waals surface area (Å²) in [6.07, 6.45) is 2.73. The number of nitrogens with one attached hydrogen (secondary N) is 1. The number of hydrogen-bond acceptors (Lipinski definition) is 5. The molecule has 7 nitrogen and oxygen atoms in total. The lowest BCUT2D eigenvalue weighted by Gasteiger charge is -2.32. The molecular formula is C21H26N4O3S. The second kappa shape index (κ2) is 7.74. The molecule has 1 aromatic carbocycles. The number of thiazole rings is 1. The van der Waals surface area contributed by atoms with Gasteiger partial charge >= 0.3 is 6.03 Å². The first-order chi connectivity index (χ1) is 14.0. The lowest BCUT2D eigenvalue weighted by Crippen LogP contribution is -2.48. The Morgan fingerprint density at radius 3 is 2.52 bits per heavy atom. The molecule has 29 heavy (non-hydrogen) atoms. The van der Waals surface area contributed by atoms with E-state index < -0.39 is 11.6 Å². The molecule has 2 fully saturated rings. The van der Waals surface area contributed by atoms with Crippen LogP contribution in [0, 0.1) is 0 Å². The number of nitrogens with zero attached hydrogens (tertiary/aromatic N) is 3. The first-order valence-electron chi connectivity index (χ1n) is 10.2. The smallest absolute Gasteiger partial charge is 0.325 e. The highest BCUT2D eigenvalue weighted by Crippen LogP contribution is 2.34. The molecule has 1 N–H and O–H groups in total. The third kappa shape index (κ3) is 3.50. The van der Waals surface area contributed by atoms with Crippen molar-refractivity contribution in [3.8, 4) is 0 Å². The largest absolute Gasteiger partial charge is 0.341 e. The van der Waals surface area contributed by atoms with Gasteiger partial charge in [-0.25, -0.2) is 9.78 Å². The molecule has 2 saturated heterocycles. The quantitative estimate of drug-likeness (QED) is 0.762. The maximum absolute atomic E-state index is 12.8. The van der Waals surface area contributed by atoms with E-state index in [-0.39, 0.29) is 18.4 Å². The van der Waals surface area contributed by atoms with Crippen LogP contribution in [0.25, 0.3) is 10.2 Å². The molecule has 1 aromatic heterocycles. The van der Waals surface area contributed by atoms with Crippen molar-refractivity contribution < 1.29 is 14.4 Å². The molecule has 2 aromatic rings. The number of para-hydroxylation sites is 1. The van der Waals surface area contributed by atoms with E-state index in [1.54, 1.807) is 16.2 Å². The minimum absolute atomic E-state index is 0.167. The maximum atomic E-state index is 12.8. The predicted octanol–water partition coefficient (Wildman–Crippen LogP) is 3.11. The number of piperidine rings is 1. The minimum Gasteiger partial charge on any atom is -0.341 e. The minimum atomic E-state index is -0.864. The Kier molecular flexibility index (Phi) is 5.29. The summed E-state index contributed by atoms with van der Waals surface area (Å²) in [6.45, 7) is 4.81. The van der Waals surface area contributed by atoms with Crippen LogP contribution in [0.3, 0.4) is 0 Å².